The molecule has 3 rings (SSSR count). The molecular formula is C22H22F3N3O. The minimum Gasteiger partial charge on any atom is -0.347 e. The first-order chi connectivity index (χ1) is 13.7. The van der Waals surface area contributed by atoms with E-state index in [2.05, 4.69) is 10.3 Å². The average Bonchev–Trinajstić information content (AvgIpc) is 2.90. The van der Waals surface area contributed by atoms with Gasteiger partial charge < -0.3 is 9.88 Å². The summed E-state index contributed by atoms with van der Waals surface area (Å²) in [5.74, 6) is -0.262. The van der Waals surface area contributed by atoms with Gasteiger partial charge in [0.25, 0.3) is 5.91 Å². The lowest BCUT2D eigenvalue weighted by Crippen LogP contribution is -2.26. The quantitative estimate of drug-likeness (QED) is 0.667. The summed E-state index contributed by atoms with van der Waals surface area (Å²) in [6.07, 6.45) is -1.10. The molecule has 0 unspecified atom stereocenters. The number of pyridine rings is 1. The zero-order chi connectivity index (χ0) is 21.2. The number of aromatic nitrogens is 2. The van der Waals surface area contributed by atoms with Crippen LogP contribution in [0.3, 0.4) is 0 Å². The van der Waals surface area contributed by atoms with Gasteiger partial charge in [0.15, 0.2) is 0 Å². The van der Waals surface area contributed by atoms with Gasteiger partial charge in [-0.05, 0) is 67.3 Å². The second-order valence-electron chi connectivity index (χ2n) is 7.01. The molecule has 0 saturated heterocycles. The molecule has 4 nitrogen and oxygen atoms in total. The first-order valence-electron chi connectivity index (χ1n) is 9.18. The molecule has 7 heteroatoms. The Morgan fingerprint density at radius 3 is 2.38 bits per heavy atom. The molecular weight excluding hydrogens is 379 g/mol. The normalized spacial score (nSPS) is 11.5. The fourth-order valence-corrected chi connectivity index (χ4v) is 3.31. The summed E-state index contributed by atoms with van der Waals surface area (Å²) in [7, 11) is 0. The molecule has 0 atom stereocenters. The van der Waals surface area contributed by atoms with Crippen molar-refractivity contribution in [3.8, 4) is 0 Å². The zero-order valence-electron chi connectivity index (χ0n) is 16.5. The number of amides is 1. The molecule has 29 heavy (non-hydrogen) atoms. The van der Waals surface area contributed by atoms with E-state index in [1.807, 2.05) is 32.9 Å². The van der Waals surface area contributed by atoms with Crippen molar-refractivity contribution in [3.05, 3.63) is 88.0 Å². The number of nitrogens with zero attached hydrogens (tertiary/aromatic N) is 2. The maximum atomic E-state index is 13.0. The summed E-state index contributed by atoms with van der Waals surface area (Å²) in [6, 6.07) is 8.82. The zero-order valence-corrected chi connectivity index (χ0v) is 16.5. The molecule has 0 aliphatic carbocycles. The minimum absolute atomic E-state index is 0.183. The van der Waals surface area contributed by atoms with Gasteiger partial charge in [0.1, 0.15) is 5.69 Å². The SMILES string of the molecule is Cc1c(C)c(C(=O)NCc2ccncc2)n(Cc2cccc(C(F)(F)F)c2)c1C. The Labute approximate surface area is 167 Å². The molecule has 0 saturated carbocycles. The number of alkyl halides is 3. The summed E-state index contributed by atoms with van der Waals surface area (Å²) in [5, 5.41) is 2.89. The van der Waals surface area contributed by atoms with Crippen LogP contribution < -0.4 is 5.32 Å². The predicted molar refractivity (Wildman–Crippen MR) is 105 cm³/mol. The Balaban J connectivity index is 1.90. The first-order valence-corrected chi connectivity index (χ1v) is 9.18. The van der Waals surface area contributed by atoms with E-state index >= 15 is 0 Å². The van der Waals surface area contributed by atoms with Gasteiger partial charge in [-0.25, -0.2) is 0 Å². The molecule has 0 aliphatic rings. The maximum absolute atomic E-state index is 13.0. The molecule has 0 spiro atoms. The van der Waals surface area contributed by atoms with Gasteiger partial charge >= 0.3 is 6.18 Å². The largest absolute Gasteiger partial charge is 0.416 e. The first kappa shape index (κ1) is 20.6. The third-order valence-corrected chi connectivity index (χ3v) is 5.15. The molecule has 1 amide bonds. The highest BCUT2D eigenvalue weighted by molar-refractivity contribution is 5.95. The van der Waals surface area contributed by atoms with Gasteiger partial charge in [0, 0.05) is 31.2 Å². The molecule has 0 fully saturated rings. The van der Waals surface area contributed by atoms with Crippen LogP contribution in [0.4, 0.5) is 13.2 Å². The van der Waals surface area contributed by atoms with E-state index in [1.165, 1.54) is 6.07 Å². The lowest BCUT2D eigenvalue weighted by atomic mass is 10.1. The van der Waals surface area contributed by atoms with Crippen molar-refractivity contribution in [1.82, 2.24) is 14.9 Å². The van der Waals surface area contributed by atoms with Crippen molar-refractivity contribution < 1.29 is 18.0 Å². The van der Waals surface area contributed by atoms with Gasteiger partial charge in [-0.1, -0.05) is 12.1 Å². The molecule has 152 valence electrons. The van der Waals surface area contributed by atoms with Gasteiger partial charge in [0.05, 0.1) is 5.56 Å². The molecule has 0 aliphatic heterocycles. The van der Waals surface area contributed by atoms with E-state index in [4.69, 9.17) is 0 Å². The predicted octanol–water partition coefficient (Wildman–Crippen LogP) is 4.81. The van der Waals surface area contributed by atoms with Crippen molar-refractivity contribution in [2.75, 3.05) is 0 Å². The van der Waals surface area contributed by atoms with Crippen LogP contribution in [-0.4, -0.2) is 15.5 Å². The second-order valence-corrected chi connectivity index (χ2v) is 7.01. The summed E-state index contributed by atoms with van der Waals surface area (Å²) in [6.45, 7) is 6.16. The minimum atomic E-state index is -4.40. The molecule has 0 radical (unpaired) electrons. The fourth-order valence-electron chi connectivity index (χ4n) is 3.31. The Hall–Kier alpha value is -3.09. The number of rotatable bonds is 5. The Morgan fingerprint density at radius 2 is 1.72 bits per heavy atom. The fraction of sp³-hybridized carbons (Fsp3) is 0.273. The van der Waals surface area contributed by atoms with Crippen LogP contribution in [0.25, 0.3) is 0 Å². The van der Waals surface area contributed by atoms with Crippen molar-refractivity contribution in [1.29, 1.82) is 0 Å². The average molecular weight is 401 g/mol. The van der Waals surface area contributed by atoms with Crippen molar-refractivity contribution in [2.45, 2.75) is 40.0 Å². The second kappa shape index (κ2) is 8.11. The highest BCUT2D eigenvalue weighted by Gasteiger charge is 2.30. The Kier molecular flexibility index (Phi) is 5.77. The number of halogens is 3. The monoisotopic (exact) mass is 401 g/mol. The van der Waals surface area contributed by atoms with Crippen LogP contribution in [0.5, 0.6) is 0 Å². The Bertz CT molecular complexity index is 1020. The lowest BCUT2D eigenvalue weighted by molar-refractivity contribution is -0.137. The van der Waals surface area contributed by atoms with E-state index in [1.54, 1.807) is 23.0 Å². The molecule has 2 aromatic heterocycles. The highest BCUT2D eigenvalue weighted by Crippen LogP contribution is 2.30. The van der Waals surface area contributed by atoms with Crippen LogP contribution in [0.2, 0.25) is 0 Å². The molecule has 3 aromatic rings. The van der Waals surface area contributed by atoms with E-state index in [0.29, 0.717) is 17.8 Å². The standard InChI is InChI=1S/C22H22F3N3O/c1-14-15(2)20(21(29)27-12-17-7-9-26-10-8-17)28(16(14)3)13-18-5-4-6-19(11-18)22(23,24)25/h4-11H,12-13H2,1-3H3,(H,27,29). The third kappa shape index (κ3) is 4.50. The number of carbonyl (C=O) groups excluding carboxylic acids is 1. The number of carbonyl (C=O) groups is 1. The van der Waals surface area contributed by atoms with Crippen molar-refractivity contribution >= 4 is 5.91 Å². The van der Waals surface area contributed by atoms with Crippen LogP contribution >= 0.6 is 0 Å². The smallest absolute Gasteiger partial charge is 0.347 e. The number of nitrogens with one attached hydrogen (secondary N) is 1. The summed E-state index contributed by atoms with van der Waals surface area (Å²) in [5.41, 5.74) is 3.79. The van der Waals surface area contributed by atoms with Gasteiger partial charge in [0.2, 0.25) is 0 Å². The Morgan fingerprint density at radius 1 is 1.03 bits per heavy atom. The number of benzene rings is 1. The summed E-state index contributed by atoms with van der Waals surface area (Å²) < 4.78 is 40.9. The number of hydrogen-bond acceptors (Lipinski definition) is 2. The van der Waals surface area contributed by atoms with Gasteiger partial charge in [-0.15, -0.1) is 0 Å². The summed E-state index contributed by atoms with van der Waals surface area (Å²) in [4.78, 5) is 16.9. The molecule has 1 aromatic carbocycles. The molecule has 2 heterocycles. The maximum Gasteiger partial charge on any atom is 0.416 e. The van der Waals surface area contributed by atoms with Crippen LogP contribution in [-0.2, 0) is 19.3 Å². The van der Waals surface area contributed by atoms with E-state index in [0.717, 1.165) is 34.5 Å². The highest BCUT2D eigenvalue weighted by atomic mass is 19.4. The van der Waals surface area contributed by atoms with E-state index < -0.39 is 11.7 Å². The van der Waals surface area contributed by atoms with Gasteiger partial charge in [-0.2, -0.15) is 13.2 Å². The van der Waals surface area contributed by atoms with Crippen LogP contribution in [0.1, 0.15) is 44.0 Å². The third-order valence-electron chi connectivity index (χ3n) is 5.15. The lowest BCUT2D eigenvalue weighted by Gasteiger charge is -2.14. The van der Waals surface area contributed by atoms with E-state index in [9.17, 15) is 18.0 Å². The summed E-state index contributed by atoms with van der Waals surface area (Å²) >= 11 is 0. The van der Waals surface area contributed by atoms with Crippen LogP contribution in [0, 0.1) is 20.8 Å². The molecule has 0 bridgehead atoms. The van der Waals surface area contributed by atoms with Gasteiger partial charge in [-0.3, -0.25) is 9.78 Å². The topological polar surface area (TPSA) is 46.9 Å². The van der Waals surface area contributed by atoms with Crippen molar-refractivity contribution in [3.63, 3.8) is 0 Å². The number of hydrogen-bond donors (Lipinski definition) is 1. The molecule has 1 N–H and O–H groups in total. The van der Waals surface area contributed by atoms with Crippen LogP contribution in [0.15, 0.2) is 48.8 Å². The van der Waals surface area contributed by atoms with Crippen molar-refractivity contribution in [2.24, 2.45) is 0 Å². The van der Waals surface area contributed by atoms with E-state index in [-0.39, 0.29) is 12.5 Å².